The molecular weight excluding hydrogens is 330 g/mol. The van der Waals surface area contributed by atoms with Crippen molar-refractivity contribution in [3.63, 3.8) is 0 Å². The summed E-state index contributed by atoms with van der Waals surface area (Å²) in [6.07, 6.45) is 6.87. The molecule has 1 N–H and O–H groups in total. The van der Waals surface area contributed by atoms with E-state index in [4.69, 9.17) is 0 Å². The summed E-state index contributed by atoms with van der Waals surface area (Å²) in [5, 5.41) is 10.6. The van der Waals surface area contributed by atoms with Crippen molar-refractivity contribution in [1.82, 2.24) is 0 Å². The van der Waals surface area contributed by atoms with Gasteiger partial charge in [0.1, 0.15) is 5.75 Å². The lowest BCUT2D eigenvalue weighted by Gasteiger charge is -2.37. The van der Waals surface area contributed by atoms with Crippen LogP contribution in [0.5, 0.6) is 5.75 Å². The van der Waals surface area contributed by atoms with E-state index in [0.29, 0.717) is 5.75 Å². The molecule has 0 fully saturated rings. The number of quaternary nitrogens is 1. The molecular formula is C25H32NO+. The van der Waals surface area contributed by atoms with Crippen LogP contribution in [0.4, 0.5) is 0 Å². The number of hydrogen-bond acceptors (Lipinski definition) is 1. The van der Waals surface area contributed by atoms with E-state index in [1.54, 1.807) is 6.07 Å². The van der Waals surface area contributed by atoms with Crippen molar-refractivity contribution in [2.45, 2.75) is 19.3 Å². The van der Waals surface area contributed by atoms with Crippen LogP contribution in [0, 0.1) is 6.92 Å². The van der Waals surface area contributed by atoms with Gasteiger partial charge in [-0.25, -0.2) is 0 Å². The Hall–Kier alpha value is -2.58. The Bertz CT molecular complexity index is 737. The van der Waals surface area contributed by atoms with Gasteiger partial charge in [0, 0.05) is 17.9 Å². The Balaban J connectivity index is 2.39. The average molecular weight is 363 g/mol. The fraction of sp³-hybridized carbons (Fsp3) is 0.280. The van der Waals surface area contributed by atoms with Gasteiger partial charge in [0.2, 0.25) is 0 Å². The Kier molecular flexibility index (Phi) is 7.63. The van der Waals surface area contributed by atoms with Crippen molar-refractivity contribution in [1.29, 1.82) is 0 Å². The van der Waals surface area contributed by atoms with Gasteiger partial charge in [0.05, 0.1) is 26.2 Å². The summed E-state index contributed by atoms with van der Waals surface area (Å²) in [5.74, 6) is 0.506. The molecule has 2 heteroatoms. The van der Waals surface area contributed by atoms with Crippen molar-refractivity contribution in [3.05, 3.63) is 103 Å². The molecule has 2 aromatic carbocycles. The van der Waals surface area contributed by atoms with E-state index in [0.717, 1.165) is 48.2 Å². The summed E-state index contributed by atoms with van der Waals surface area (Å²) in [4.78, 5) is 0. The van der Waals surface area contributed by atoms with E-state index in [1.165, 1.54) is 5.56 Å². The summed E-state index contributed by atoms with van der Waals surface area (Å²) >= 11 is 0. The molecule has 0 bridgehead atoms. The van der Waals surface area contributed by atoms with E-state index in [9.17, 15) is 5.11 Å². The number of phenols is 1. The summed E-state index contributed by atoms with van der Waals surface area (Å²) in [5.41, 5.74) is 3.38. The number of rotatable bonds is 11. The molecule has 0 spiro atoms. The third-order valence-corrected chi connectivity index (χ3v) is 5.20. The molecule has 0 heterocycles. The topological polar surface area (TPSA) is 20.2 Å². The van der Waals surface area contributed by atoms with Crippen molar-refractivity contribution >= 4 is 0 Å². The van der Waals surface area contributed by atoms with Gasteiger partial charge in [-0.05, 0) is 36.8 Å². The molecule has 0 aliphatic rings. The predicted octanol–water partition coefficient (Wildman–Crippen LogP) is 5.60. The van der Waals surface area contributed by atoms with Crippen LogP contribution in [0.1, 0.15) is 29.0 Å². The summed E-state index contributed by atoms with van der Waals surface area (Å²) in [6, 6.07) is 16.3. The lowest BCUT2D eigenvalue weighted by atomic mass is 9.86. The van der Waals surface area contributed by atoms with Crippen molar-refractivity contribution in [2.24, 2.45) is 0 Å². The first-order valence-corrected chi connectivity index (χ1v) is 9.57. The van der Waals surface area contributed by atoms with Gasteiger partial charge in [-0.15, -0.1) is 0 Å². The van der Waals surface area contributed by atoms with E-state index in [2.05, 4.69) is 57.0 Å². The molecule has 2 aromatic rings. The van der Waals surface area contributed by atoms with E-state index < -0.39 is 0 Å². The fourth-order valence-corrected chi connectivity index (χ4v) is 3.86. The van der Waals surface area contributed by atoms with E-state index >= 15 is 0 Å². The largest absolute Gasteiger partial charge is 0.508 e. The smallest absolute Gasteiger partial charge is 0.119 e. The van der Waals surface area contributed by atoms with Gasteiger partial charge in [0.25, 0.3) is 0 Å². The second-order valence-electron chi connectivity index (χ2n) is 7.29. The lowest BCUT2D eigenvalue weighted by molar-refractivity contribution is -0.912. The Morgan fingerprint density at radius 3 is 2.07 bits per heavy atom. The molecule has 0 saturated carbocycles. The zero-order valence-corrected chi connectivity index (χ0v) is 16.5. The molecule has 0 aliphatic carbocycles. The number of aryl methyl sites for hydroxylation is 1. The molecule has 0 saturated heterocycles. The van der Waals surface area contributed by atoms with Crippen molar-refractivity contribution < 1.29 is 9.59 Å². The van der Waals surface area contributed by atoms with Crippen molar-refractivity contribution in [3.8, 4) is 5.75 Å². The molecule has 0 radical (unpaired) electrons. The van der Waals surface area contributed by atoms with Gasteiger partial charge in [0.15, 0.2) is 0 Å². The summed E-state index contributed by atoms with van der Waals surface area (Å²) < 4.78 is 0.854. The highest BCUT2D eigenvalue weighted by Crippen LogP contribution is 2.35. The number of nitrogens with zero attached hydrogens (tertiary/aromatic N) is 1. The first-order valence-electron chi connectivity index (χ1n) is 9.57. The minimum Gasteiger partial charge on any atom is -0.508 e. The average Bonchev–Trinajstić information content (AvgIpc) is 2.66. The number of hydrogen-bond donors (Lipinski definition) is 1. The van der Waals surface area contributed by atoms with Gasteiger partial charge in [-0.1, -0.05) is 67.8 Å². The quantitative estimate of drug-likeness (QED) is 0.408. The van der Waals surface area contributed by atoms with Crippen molar-refractivity contribution in [2.75, 3.05) is 26.2 Å². The highest BCUT2D eigenvalue weighted by atomic mass is 16.3. The SMILES string of the molecule is C=CC[N+](CC=C)(CC=C)CCC(c1ccccc1)c1cc(C)ccc1O. The second-order valence-corrected chi connectivity index (χ2v) is 7.29. The lowest BCUT2D eigenvalue weighted by Crippen LogP contribution is -2.49. The molecule has 142 valence electrons. The summed E-state index contributed by atoms with van der Waals surface area (Å²) in [7, 11) is 0. The molecule has 0 aromatic heterocycles. The maximum Gasteiger partial charge on any atom is 0.119 e. The van der Waals surface area contributed by atoms with Crippen LogP contribution in [-0.4, -0.2) is 35.8 Å². The van der Waals surface area contributed by atoms with Crippen LogP contribution in [0.15, 0.2) is 86.5 Å². The predicted molar refractivity (Wildman–Crippen MR) is 116 cm³/mol. The zero-order valence-electron chi connectivity index (χ0n) is 16.5. The fourth-order valence-electron chi connectivity index (χ4n) is 3.86. The monoisotopic (exact) mass is 362 g/mol. The Morgan fingerprint density at radius 2 is 1.52 bits per heavy atom. The van der Waals surface area contributed by atoms with Gasteiger partial charge in [-0.3, -0.25) is 0 Å². The Labute approximate surface area is 164 Å². The van der Waals surface area contributed by atoms with Crippen LogP contribution in [0.3, 0.4) is 0 Å². The minimum atomic E-state index is 0.142. The first-order chi connectivity index (χ1) is 13.0. The standard InChI is InChI=1S/C25H31NO/c1-5-16-26(17-6-2,18-7-3)19-15-23(22-11-9-8-10-12-22)24-20-21(4)13-14-25(24)27/h5-14,20,23H,1-3,15-19H2,4H3/p+1. The molecule has 1 atom stereocenters. The number of benzene rings is 2. The molecule has 0 amide bonds. The highest BCUT2D eigenvalue weighted by Gasteiger charge is 2.27. The molecule has 2 rings (SSSR count). The highest BCUT2D eigenvalue weighted by molar-refractivity contribution is 5.43. The minimum absolute atomic E-state index is 0.142. The molecule has 1 unspecified atom stereocenters. The van der Waals surface area contributed by atoms with Gasteiger partial charge in [-0.2, -0.15) is 0 Å². The maximum absolute atomic E-state index is 10.6. The van der Waals surface area contributed by atoms with Crippen LogP contribution in [0.2, 0.25) is 0 Å². The third kappa shape index (κ3) is 5.45. The van der Waals surface area contributed by atoms with Gasteiger partial charge >= 0.3 is 0 Å². The van der Waals surface area contributed by atoms with Crippen LogP contribution in [-0.2, 0) is 0 Å². The van der Waals surface area contributed by atoms with E-state index in [1.807, 2.05) is 30.4 Å². The summed E-state index contributed by atoms with van der Waals surface area (Å²) in [6.45, 7) is 17.5. The number of phenolic OH excluding ortho intramolecular Hbond substituents is 1. The second kappa shape index (κ2) is 9.94. The first kappa shape index (κ1) is 20.7. The number of aromatic hydroxyl groups is 1. The molecule has 27 heavy (non-hydrogen) atoms. The molecule has 2 nitrogen and oxygen atoms in total. The zero-order chi connectivity index (χ0) is 19.7. The normalized spacial score (nSPS) is 12.3. The Morgan fingerprint density at radius 1 is 0.926 bits per heavy atom. The van der Waals surface area contributed by atoms with Gasteiger partial charge < -0.3 is 9.59 Å². The van der Waals surface area contributed by atoms with E-state index in [-0.39, 0.29) is 5.92 Å². The van der Waals surface area contributed by atoms with Crippen LogP contribution < -0.4 is 0 Å². The van der Waals surface area contributed by atoms with Crippen LogP contribution >= 0.6 is 0 Å². The van der Waals surface area contributed by atoms with Crippen LogP contribution in [0.25, 0.3) is 0 Å². The third-order valence-electron chi connectivity index (χ3n) is 5.20. The maximum atomic E-state index is 10.6. The molecule has 0 aliphatic heterocycles.